The van der Waals surface area contributed by atoms with Crippen LogP contribution in [0.15, 0.2) is 48.5 Å². The van der Waals surface area contributed by atoms with Gasteiger partial charge in [0, 0.05) is 50.4 Å². The lowest BCUT2D eigenvalue weighted by atomic mass is 10.0. The van der Waals surface area contributed by atoms with Crippen LogP contribution in [-0.4, -0.2) is 55.3 Å². The minimum absolute atomic E-state index is 0.244. The molecule has 1 N–H and O–H groups in total. The standard InChI is InChI=1S/C24H27FN2O3/c1-29-20-6-3-17-4-7-23(28)22(21(17)14-20)16-27-11-9-26(10-12-27)15-18-13-19(25)5-8-24(18)30-2/h3-8,13-14,28H,9-12,15-16H2,1-2H3. The molecule has 1 fully saturated rings. The number of fused-ring (bicyclic) bond motifs is 1. The number of benzene rings is 3. The quantitative estimate of drug-likeness (QED) is 0.665. The third-order valence-electron chi connectivity index (χ3n) is 5.80. The molecule has 0 unspecified atom stereocenters. The number of methoxy groups -OCH3 is 2. The van der Waals surface area contributed by atoms with Crippen molar-refractivity contribution in [3.05, 3.63) is 65.5 Å². The van der Waals surface area contributed by atoms with E-state index in [9.17, 15) is 9.50 Å². The van der Waals surface area contributed by atoms with Crippen molar-refractivity contribution in [3.63, 3.8) is 0 Å². The van der Waals surface area contributed by atoms with Crippen LogP contribution in [0.25, 0.3) is 10.8 Å². The van der Waals surface area contributed by atoms with Crippen LogP contribution in [0.3, 0.4) is 0 Å². The van der Waals surface area contributed by atoms with E-state index >= 15 is 0 Å². The van der Waals surface area contributed by atoms with Gasteiger partial charge in [-0.25, -0.2) is 4.39 Å². The summed E-state index contributed by atoms with van der Waals surface area (Å²) in [6, 6.07) is 14.3. The molecule has 3 aromatic rings. The fourth-order valence-electron chi connectivity index (χ4n) is 4.08. The molecule has 0 bridgehead atoms. The van der Waals surface area contributed by atoms with Crippen molar-refractivity contribution < 1.29 is 19.0 Å². The summed E-state index contributed by atoms with van der Waals surface area (Å²) in [4.78, 5) is 4.65. The van der Waals surface area contributed by atoms with Crippen LogP contribution in [0.4, 0.5) is 4.39 Å². The van der Waals surface area contributed by atoms with Crippen molar-refractivity contribution in [3.8, 4) is 17.2 Å². The first-order chi connectivity index (χ1) is 14.6. The molecule has 0 saturated carbocycles. The minimum Gasteiger partial charge on any atom is -0.508 e. The van der Waals surface area contributed by atoms with E-state index in [-0.39, 0.29) is 5.82 Å². The summed E-state index contributed by atoms with van der Waals surface area (Å²) in [5.74, 6) is 1.56. The van der Waals surface area contributed by atoms with Gasteiger partial charge in [-0.1, -0.05) is 12.1 Å². The fourth-order valence-corrected chi connectivity index (χ4v) is 4.08. The Balaban J connectivity index is 1.44. The number of rotatable bonds is 6. The second-order valence-corrected chi connectivity index (χ2v) is 7.66. The minimum atomic E-state index is -0.244. The van der Waals surface area contributed by atoms with Gasteiger partial charge in [0.05, 0.1) is 14.2 Å². The Bertz CT molecular complexity index is 1030. The number of hydrogen-bond donors (Lipinski definition) is 1. The zero-order chi connectivity index (χ0) is 21.1. The van der Waals surface area contributed by atoms with E-state index < -0.39 is 0 Å². The van der Waals surface area contributed by atoms with Gasteiger partial charge in [0.1, 0.15) is 23.1 Å². The Morgan fingerprint density at radius 1 is 0.867 bits per heavy atom. The summed E-state index contributed by atoms with van der Waals surface area (Å²) in [7, 11) is 3.26. The van der Waals surface area contributed by atoms with Crippen molar-refractivity contribution >= 4 is 10.8 Å². The molecule has 30 heavy (non-hydrogen) atoms. The average Bonchev–Trinajstić information content (AvgIpc) is 2.77. The number of piperazine rings is 1. The number of aromatic hydroxyl groups is 1. The molecule has 1 heterocycles. The summed E-state index contributed by atoms with van der Waals surface area (Å²) in [5.41, 5.74) is 1.79. The lowest BCUT2D eigenvalue weighted by molar-refractivity contribution is 0.121. The van der Waals surface area contributed by atoms with E-state index in [2.05, 4.69) is 9.80 Å². The van der Waals surface area contributed by atoms with Crippen LogP contribution in [-0.2, 0) is 13.1 Å². The topological polar surface area (TPSA) is 45.2 Å². The van der Waals surface area contributed by atoms with Crippen LogP contribution >= 0.6 is 0 Å². The van der Waals surface area contributed by atoms with Gasteiger partial charge >= 0.3 is 0 Å². The first-order valence-electron chi connectivity index (χ1n) is 10.1. The molecule has 5 nitrogen and oxygen atoms in total. The molecule has 0 amide bonds. The van der Waals surface area contributed by atoms with E-state index in [0.717, 1.165) is 53.8 Å². The van der Waals surface area contributed by atoms with Gasteiger partial charge < -0.3 is 14.6 Å². The van der Waals surface area contributed by atoms with Crippen molar-refractivity contribution in [2.75, 3.05) is 40.4 Å². The molecule has 0 spiro atoms. The van der Waals surface area contributed by atoms with Crippen LogP contribution in [0.1, 0.15) is 11.1 Å². The smallest absolute Gasteiger partial charge is 0.123 e. The maximum Gasteiger partial charge on any atom is 0.123 e. The molecule has 6 heteroatoms. The lowest BCUT2D eigenvalue weighted by Gasteiger charge is -2.35. The summed E-state index contributed by atoms with van der Waals surface area (Å²) >= 11 is 0. The van der Waals surface area contributed by atoms with Gasteiger partial charge in [-0.15, -0.1) is 0 Å². The molecule has 1 saturated heterocycles. The van der Waals surface area contributed by atoms with Gasteiger partial charge in [-0.3, -0.25) is 9.80 Å². The number of nitrogens with zero attached hydrogens (tertiary/aromatic N) is 2. The zero-order valence-electron chi connectivity index (χ0n) is 17.4. The zero-order valence-corrected chi connectivity index (χ0v) is 17.4. The van der Waals surface area contributed by atoms with E-state index in [4.69, 9.17) is 9.47 Å². The SMILES string of the molecule is COc1ccc2ccc(O)c(CN3CCN(Cc4cc(F)ccc4OC)CC3)c2c1. The average molecular weight is 410 g/mol. The molecule has 158 valence electrons. The second-order valence-electron chi connectivity index (χ2n) is 7.66. The molecule has 0 radical (unpaired) electrons. The van der Waals surface area contributed by atoms with Gasteiger partial charge in [-0.05, 0) is 47.2 Å². The summed E-state index contributed by atoms with van der Waals surface area (Å²) in [6.07, 6.45) is 0. The predicted octanol–water partition coefficient (Wildman–Crippen LogP) is 4.02. The van der Waals surface area contributed by atoms with Crippen molar-refractivity contribution in [2.24, 2.45) is 0 Å². The first kappa shape index (κ1) is 20.4. The lowest BCUT2D eigenvalue weighted by Crippen LogP contribution is -2.45. The second kappa shape index (κ2) is 8.90. The highest BCUT2D eigenvalue weighted by Gasteiger charge is 2.20. The largest absolute Gasteiger partial charge is 0.508 e. The predicted molar refractivity (Wildman–Crippen MR) is 116 cm³/mol. The third kappa shape index (κ3) is 4.35. The summed E-state index contributed by atoms with van der Waals surface area (Å²) in [6.45, 7) is 4.82. The van der Waals surface area contributed by atoms with Crippen molar-refractivity contribution in [1.29, 1.82) is 0 Å². The van der Waals surface area contributed by atoms with E-state index in [1.165, 1.54) is 6.07 Å². The summed E-state index contributed by atoms with van der Waals surface area (Å²) in [5, 5.41) is 12.6. The molecule has 3 aromatic carbocycles. The number of phenolic OH excluding ortho intramolecular Hbond substituents is 1. The Morgan fingerprint density at radius 3 is 2.27 bits per heavy atom. The maximum atomic E-state index is 13.6. The molecule has 0 atom stereocenters. The highest BCUT2D eigenvalue weighted by atomic mass is 19.1. The van der Waals surface area contributed by atoms with Gasteiger partial charge in [-0.2, -0.15) is 0 Å². The van der Waals surface area contributed by atoms with E-state index in [1.54, 1.807) is 32.4 Å². The van der Waals surface area contributed by atoms with Crippen LogP contribution in [0, 0.1) is 5.82 Å². The Labute approximate surface area is 176 Å². The number of phenols is 1. The number of halogens is 1. The van der Waals surface area contributed by atoms with Crippen LogP contribution in [0.2, 0.25) is 0 Å². The van der Waals surface area contributed by atoms with Gasteiger partial charge in [0.2, 0.25) is 0 Å². The molecule has 1 aliphatic rings. The third-order valence-corrected chi connectivity index (χ3v) is 5.80. The van der Waals surface area contributed by atoms with E-state index in [0.29, 0.717) is 24.6 Å². The molecular formula is C24H27FN2O3. The van der Waals surface area contributed by atoms with Crippen LogP contribution < -0.4 is 9.47 Å². The van der Waals surface area contributed by atoms with E-state index in [1.807, 2.05) is 24.3 Å². The number of hydrogen-bond acceptors (Lipinski definition) is 5. The molecule has 0 aromatic heterocycles. The number of ether oxygens (including phenoxy) is 2. The normalized spacial score (nSPS) is 15.4. The molecule has 1 aliphatic heterocycles. The Kier molecular flexibility index (Phi) is 6.06. The Morgan fingerprint density at radius 2 is 1.57 bits per heavy atom. The first-order valence-corrected chi connectivity index (χ1v) is 10.1. The van der Waals surface area contributed by atoms with Crippen molar-refractivity contribution in [2.45, 2.75) is 13.1 Å². The fraction of sp³-hybridized carbons (Fsp3) is 0.333. The van der Waals surface area contributed by atoms with Crippen molar-refractivity contribution in [1.82, 2.24) is 9.80 Å². The highest BCUT2D eigenvalue weighted by molar-refractivity contribution is 5.88. The molecular weight excluding hydrogens is 383 g/mol. The molecule has 0 aliphatic carbocycles. The Hall–Kier alpha value is -2.83. The van der Waals surface area contributed by atoms with Gasteiger partial charge in [0.15, 0.2) is 0 Å². The molecule has 4 rings (SSSR count). The van der Waals surface area contributed by atoms with Gasteiger partial charge in [0.25, 0.3) is 0 Å². The highest BCUT2D eigenvalue weighted by Crippen LogP contribution is 2.31. The monoisotopic (exact) mass is 410 g/mol. The van der Waals surface area contributed by atoms with Crippen LogP contribution in [0.5, 0.6) is 17.2 Å². The maximum absolute atomic E-state index is 13.6. The summed E-state index contributed by atoms with van der Waals surface area (Å²) < 4.78 is 24.4.